The Morgan fingerprint density at radius 3 is 2.52 bits per heavy atom. The maximum atomic E-state index is 13.0. The second-order valence-electron chi connectivity index (χ2n) is 7.37. The van der Waals surface area contributed by atoms with Crippen LogP contribution in [0.5, 0.6) is 0 Å². The van der Waals surface area contributed by atoms with Crippen molar-refractivity contribution in [2.45, 2.75) is 11.8 Å². The van der Waals surface area contributed by atoms with Gasteiger partial charge in [0.1, 0.15) is 0 Å². The van der Waals surface area contributed by atoms with E-state index in [9.17, 15) is 13.2 Å². The average Bonchev–Trinajstić information content (AvgIpc) is 3.20. The number of carbonyl (C=O) groups is 1. The number of aryl methyl sites for hydroxylation is 1. The normalized spacial score (nSPS) is 15.7. The Balaban J connectivity index is 1.57. The summed E-state index contributed by atoms with van der Waals surface area (Å²) in [5.74, 6) is 0.348. The number of amides is 1. The molecule has 1 amide bonds. The number of sulfonamides is 1. The van der Waals surface area contributed by atoms with E-state index in [1.54, 1.807) is 43.3 Å². The van der Waals surface area contributed by atoms with Gasteiger partial charge in [-0.05, 0) is 37.4 Å². The Morgan fingerprint density at radius 2 is 1.81 bits per heavy atom. The summed E-state index contributed by atoms with van der Waals surface area (Å²) in [6.45, 7) is 3.88. The first-order valence-electron chi connectivity index (χ1n) is 9.84. The molecule has 3 aromatic rings. The van der Waals surface area contributed by atoms with E-state index in [1.807, 2.05) is 7.05 Å². The summed E-state index contributed by atoms with van der Waals surface area (Å²) in [5.41, 5.74) is 1.35. The third kappa shape index (κ3) is 4.50. The number of benzene rings is 2. The van der Waals surface area contributed by atoms with Gasteiger partial charge in [0, 0.05) is 44.2 Å². The number of nitrogens with one attached hydrogen (secondary N) is 1. The SMILES string of the molecule is Cc1nc(-c2ccccc2NC(=O)c2cccc(S(=O)(=O)N3CCN(C)CC3)c2)no1. The molecule has 1 N–H and O–H groups in total. The highest BCUT2D eigenvalue weighted by atomic mass is 32.2. The van der Waals surface area contributed by atoms with Crippen LogP contribution in [0.25, 0.3) is 11.4 Å². The van der Waals surface area contributed by atoms with E-state index in [1.165, 1.54) is 16.4 Å². The Labute approximate surface area is 180 Å². The first kappa shape index (κ1) is 21.2. The first-order chi connectivity index (χ1) is 14.8. The van der Waals surface area contributed by atoms with Crippen molar-refractivity contribution in [3.05, 3.63) is 60.0 Å². The van der Waals surface area contributed by atoms with Crippen LogP contribution in [0.4, 0.5) is 5.69 Å². The summed E-state index contributed by atoms with van der Waals surface area (Å²) in [6.07, 6.45) is 0. The van der Waals surface area contributed by atoms with Crippen molar-refractivity contribution >= 4 is 21.6 Å². The van der Waals surface area contributed by atoms with Crippen molar-refractivity contribution in [2.75, 3.05) is 38.5 Å². The lowest BCUT2D eigenvalue weighted by Gasteiger charge is -2.31. The summed E-state index contributed by atoms with van der Waals surface area (Å²) in [5, 5.41) is 6.73. The predicted octanol–water partition coefficient (Wildman–Crippen LogP) is 2.23. The van der Waals surface area contributed by atoms with E-state index in [0.717, 1.165) is 0 Å². The zero-order chi connectivity index (χ0) is 22.0. The van der Waals surface area contributed by atoms with Crippen LogP contribution in [0.1, 0.15) is 16.2 Å². The second-order valence-corrected chi connectivity index (χ2v) is 9.31. The quantitative estimate of drug-likeness (QED) is 0.647. The molecule has 1 fully saturated rings. The Kier molecular flexibility index (Phi) is 5.86. The van der Waals surface area contributed by atoms with Gasteiger partial charge in [0.25, 0.3) is 5.91 Å². The number of hydrogen-bond acceptors (Lipinski definition) is 7. The van der Waals surface area contributed by atoms with Gasteiger partial charge in [0.15, 0.2) is 0 Å². The van der Waals surface area contributed by atoms with Crippen molar-refractivity contribution < 1.29 is 17.7 Å². The van der Waals surface area contributed by atoms with Gasteiger partial charge in [0.2, 0.25) is 21.7 Å². The van der Waals surface area contributed by atoms with Gasteiger partial charge in [-0.15, -0.1) is 0 Å². The van der Waals surface area contributed by atoms with Crippen LogP contribution in [0.15, 0.2) is 57.9 Å². The van der Waals surface area contributed by atoms with Gasteiger partial charge >= 0.3 is 0 Å². The van der Waals surface area contributed by atoms with Crippen LogP contribution >= 0.6 is 0 Å². The van der Waals surface area contributed by atoms with E-state index in [0.29, 0.717) is 49.1 Å². The van der Waals surface area contributed by atoms with Crippen molar-refractivity contribution in [1.82, 2.24) is 19.3 Å². The third-order valence-electron chi connectivity index (χ3n) is 5.14. The molecular weight excluding hydrogens is 418 g/mol. The number of hydrogen-bond donors (Lipinski definition) is 1. The van der Waals surface area contributed by atoms with E-state index in [2.05, 4.69) is 20.4 Å². The highest BCUT2D eigenvalue weighted by molar-refractivity contribution is 7.89. The molecule has 0 atom stereocenters. The molecule has 0 spiro atoms. The first-order valence-corrected chi connectivity index (χ1v) is 11.3. The predicted molar refractivity (Wildman–Crippen MR) is 115 cm³/mol. The fourth-order valence-corrected chi connectivity index (χ4v) is 4.83. The Bertz CT molecular complexity index is 1200. The standard InChI is InChI=1S/C21H23N5O4S/c1-15-22-20(24-30-15)18-8-3-4-9-19(18)23-21(27)16-6-5-7-17(14-16)31(28,29)26-12-10-25(2)11-13-26/h3-9,14H,10-13H2,1-2H3,(H,23,27). The summed E-state index contributed by atoms with van der Waals surface area (Å²) >= 11 is 0. The lowest BCUT2D eigenvalue weighted by molar-refractivity contribution is 0.102. The molecule has 0 bridgehead atoms. The molecule has 0 saturated carbocycles. The summed E-state index contributed by atoms with van der Waals surface area (Å²) in [4.78, 5) is 19.3. The zero-order valence-corrected chi connectivity index (χ0v) is 18.1. The number of piperazine rings is 1. The highest BCUT2D eigenvalue weighted by Gasteiger charge is 2.28. The zero-order valence-electron chi connectivity index (χ0n) is 17.3. The molecule has 162 valence electrons. The highest BCUT2D eigenvalue weighted by Crippen LogP contribution is 2.26. The molecular formula is C21H23N5O4S. The minimum atomic E-state index is -3.67. The molecule has 1 aliphatic heterocycles. The van der Waals surface area contributed by atoms with E-state index in [-0.39, 0.29) is 10.5 Å². The van der Waals surface area contributed by atoms with Crippen molar-refractivity contribution in [3.63, 3.8) is 0 Å². The van der Waals surface area contributed by atoms with Crippen LogP contribution < -0.4 is 5.32 Å². The number of nitrogens with zero attached hydrogens (tertiary/aromatic N) is 4. The smallest absolute Gasteiger partial charge is 0.255 e. The Morgan fingerprint density at radius 1 is 1.06 bits per heavy atom. The molecule has 2 aromatic carbocycles. The number of carbonyl (C=O) groups excluding carboxylic acids is 1. The van der Waals surface area contributed by atoms with Gasteiger partial charge < -0.3 is 14.7 Å². The molecule has 0 radical (unpaired) electrons. The van der Waals surface area contributed by atoms with Crippen molar-refractivity contribution in [1.29, 1.82) is 0 Å². The monoisotopic (exact) mass is 441 g/mol. The molecule has 2 heterocycles. The number of anilines is 1. The fraction of sp³-hybridized carbons (Fsp3) is 0.286. The molecule has 10 heteroatoms. The fourth-order valence-electron chi connectivity index (χ4n) is 3.37. The number of rotatable bonds is 5. The topological polar surface area (TPSA) is 109 Å². The average molecular weight is 442 g/mol. The van der Waals surface area contributed by atoms with Gasteiger partial charge in [-0.2, -0.15) is 9.29 Å². The molecule has 31 heavy (non-hydrogen) atoms. The third-order valence-corrected chi connectivity index (χ3v) is 7.03. The van der Waals surface area contributed by atoms with E-state index < -0.39 is 15.9 Å². The number of likely N-dealkylation sites (N-methyl/N-ethyl adjacent to an activating group) is 1. The Hall–Kier alpha value is -3.08. The van der Waals surface area contributed by atoms with Crippen LogP contribution in [0.2, 0.25) is 0 Å². The largest absolute Gasteiger partial charge is 0.339 e. The molecule has 9 nitrogen and oxygen atoms in total. The van der Waals surface area contributed by atoms with Crippen molar-refractivity contribution in [3.8, 4) is 11.4 Å². The van der Waals surface area contributed by atoms with Gasteiger partial charge in [0.05, 0.1) is 10.6 Å². The molecule has 1 aliphatic rings. The number of aromatic nitrogens is 2. The van der Waals surface area contributed by atoms with Crippen LogP contribution in [-0.4, -0.2) is 66.9 Å². The van der Waals surface area contributed by atoms with Crippen molar-refractivity contribution in [2.24, 2.45) is 0 Å². The summed E-state index contributed by atoms with van der Waals surface area (Å²) in [7, 11) is -1.71. The van der Waals surface area contributed by atoms with Crippen LogP contribution in [0.3, 0.4) is 0 Å². The van der Waals surface area contributed by atoms with Crippen LogP contribution in [-0.2, 0) is 10.0 Å². The molecule has 4 rings (SSSR count). The number of para-hydroxylation sites is 1. The minimum Gasteiger partial charge on any atom is -0.339 e. The van der Waals surface area contributed by atoms with Gasteiger partial charge in [-0.1, -0.05) is 23.4 Å². The van der Waals surface area contributed by atoms with Gasteiger partial charge in [-0.3, -0.25) is 4.79 Å². The lowest BCUT2D eigenvalue weighted by atomic mass is 10.1. The van der Waals surface area contributed by atoms with Gasteiger partial charge in [-0.25, -0.2) is 8.42 Å². The molecule has 1 aromatic heterocycles. The maximum Gasteiger partial charge on any atom is 0.255 e. The molecule has 1 saturated heterocycles. The molecule has 0 unspecified atom stereocenters. The molecule has 0 aliphatic carbocycles. The summed E-state index contributed by atoms with van der Waals surface area (Å²) in [6, 6.07) is 13.2. The lowest BCUT2D eigenvalue weighted by Crippen LogP contribution is -2.47. The van der Waals surface area contributed by atoms with E-state index in [4.69, 9.17) is 4.52 Å². The van der Waals surface area contributed by atoms with E-state index >= 15 is 0 Å². The summed E-state index contributed by atoms with van der Waals surface area (Å²) < 4.78 is 32.5. The second kappa shape index (κ2) is 8.58. The van der Waals surface area contributed by atoms with Crippen LogP contribution in [0, 0.1) is 6.92 Å². The minimum absolute atomic E-state index is 0.104. The maximum absolute atomic E-state index is 13.0.